The first kappa shape index (κ1) is 13.4. The Labute approximate surface area is 116 Å². The molecule has 0 aromatic heterocycles. The number of hydrogen-bond donors (Lipinski definition) is 1. The van der Waals surface area contributed by atoms with Gasteiger partial charge >= 0.3 is 0 Å². The zero-order valence-electron chi connectivity index (χ0n) is 12.0. The smallest absolute Gasteiger partial charge is 0.227 e. The van der Waals surface area contributed by atoms with Gasteiger partial charge < -0.3 is 10.6 Å². The lowest BCUT2D eigenvalue weighted by molar-refractivity contribution is -0.141. The Hall–Kier alpha value is -0.570. The number of piperidine rings is 1. The van der Waals surface area contributed by atoms with Crippen molar-refractivity contribution in [2.75, 3.05) is 6.54 Å². The van der Waals surface area contributed by atoms with Crippen molar-refractivity contribution < 1.29 is 4.79 Å². The van der Waals surface area contributed by atoms with Crippen LogP contribution in [0.15, 0.2) is 0 Å². The van der Waals surface area contributed by atoms with Gasteiger partial charge in [0.1, 0.15) is 0 Å². The summed E-state index contributed by atoms with van der Waals surface area (Å²) in [7, 11) is 0. The summed E-state index contributed by atoms with van der Waals surface area (Å²) in [5.41, 5.74) is 6.28. The van der Waals surface area contributed by atoms with Crippen LogP contribution in [0.4, 0.5) is 0 Å². The van der Waals surface area contributed by atoms with Gasteiger partial charge in [0, 0.05) is 18.6 Å². The fraction of sp³-hybridized carbons (Fsp3) is 0.938. The van der Waals surface area contributed by atoms with E-state index >= 15 is 0 Å². The summed E-state index contributed by atoms with van der Waals surface area (Å²) in [5.74, 6) is 1.30. The van der Waals surface area contributed by atoms with Crippen LogP contribution in [-0.4, -0.2) is 29.4 Å². The number of carbonyl (C=O) groups excluding carboxylic acids is 1. The van der Waals surface area contributed by atoms with Gasteiger partial charge in [0.05, 0.1) is 5.92 Å². The molecule has 1 saturated heterocycles. The molecule has 3 rings (SSSR count). The van der Waals surface area contributed by atoms with Crippen molar-refractivity contribution >= 4 is 5.91 Å². The van der Waals surface area contributed by atoms with Crippen molar-refractivity contribution in [1.82, 2.24) is 4.90 Å². The fourth-order valence-corrected chi connectivity index (χ4v) is 4.58. The molecule has 1 aliphatic heterocycles. The highest BCUT2D eigenvalue weighted by molar-refractivity contribution is 5.80. The molecule has 3 nitrogen and oxygen atoms in total. The van der Waals surface area contributed by atoms with Crippen LogP contribution < -0.4 is 5.73 Å². The Balaban J connectivity index is 1.71. The SMILES string of the molecule is NC1CCCCCC1C(=O)N1CCCC2CCCC21. The van der Waals surface area contributed by atoms with Crippen LogP contribution in [0.3, 0.4) is 0 Å². The largest absolute Gasteiger partial charge is 0.339 e. The second kappa shape index (κ2) is 5.82. The Morgan fingerprint density at radius 2 is 1.68 bits per heavy atom. The highest BCUT2D eigenvalue weighted by atomic mass is 16.2. The fourth-order valence-electron chi connectivity index (χ4n) is 4.58. The zero-order valence-corrected chi connectivity index (χ0v) is 12.0. The first-order chi connectivity index (χ1) is 9.27. The molecule has 3 fully saturated rings. The average Bonchev–Trinajstić information content (AvgIpc) is 2.80. The minimum atomic E-state index is 0.108. The molecule has 2 saturated carbocycles. The first-order valence-electron chi connectivity index (χ1n) is 8.33. The van der Waals surface area contributed by atoms with E-state index in [1.165, 1.54) is 51.4 Å². The topological polar surface area (TPSA) is 46.3 Å². The highest BCUT2D eigenvalue weighted by Crippen LogP contribution is 2.38. The summed E-state index contributed by atoms with van der Waals surface area (Å²) in [5, 5.41) is 0. The first-order valence-corrected chi connectivity index (χ1v) is 8.33. The van der Waals surface area contributed by atoms with Crippen molar-refractivity contribution in [2.24, 2.45) is 17.6 Å². The van der Waals surface area contributed by atoms with E-state index in [9.17, 15) is 4.79 Å². The number of nitrogens with two attached hydrogens (primary N) is 1. The summed E-state index contributed by atoms with van der Waals surface area (Å²) in [6, 6.07) is 0.661. The van der Waals surface area contributed by atoms with Gasteiger partial charge in [-0.1, -0.05) is 25.7 Å². The van der Waals surface area contributed by atoms with E-state index in [0.717, 1.165) is 25.3 Å². The van der Waals surface area contributed by atoms with E-state index in [1.54, 1.807) is 0 Å². The summed E-state index contributed by atoms with van der Waals surface area (Å²) in [4.78, 5) is 15.1. The van der Waals surface area contributed by atoms with Crippen molar-refractivity contribution in [3.05, 3.63) is 0 Å². The molecule has 0 bridgehead atoms. The molecular formula is C16H28N2O. The minimum absolute atomic E-state index is 0.108. The molecule has 4 unspecified atom stereocenters. The predicted octanol–water partition coefficient (Wildman–Crippen LogP) is 2.69. The number of hydrogen-bond acceptors (Lipinski definition) is 2. The lowest BCUT2D eigenvalue weighted by Gasteiger charge is -2.40. The molecule has 0 aromatic rings. The molecule has 0 aromatic carbocycles. The molecule has 3 heteroatoms. The monoisotopic (exact) mass is 264 g/mol. The Morgan fingerprint density at radius 1 is 0.895 bits per heavy atom. The van der Waals surface area contributed by atoms with Crippen LogP contribution in [0.5, 0.6) is 0 Å². The van der Waals surface area contributed by atoms with Gasteiger partial charge in [0.15, 0.2) is 0 Å². The van der Waals surface area contributed by atoms with Gasteiger partial charge in [0.2, 0.25) is 5.91 Å². The van der Waals surface area contributed by atoms with Gasteiger partial charge in [-0.25, -0.2) is 0 Å². The van der Waals surface area contributed by atoms with Crippen LogP contribution in [-0.2, 0) is 4.79 Å². The summed E-state index contributed by atoms with van der Waals surface area (Å²) < 4.78 is 0. The Morgan fingerprint density at radius 3 is 2.58 bits per heavy atom. The van der Waals surface area contributed by atoms with E-state index < -0.39 is 0 Å². The van der Waals surface area contributed by atoms with Gasteiger partial charge in [-0.15, -0.1) is 0 Å². The molecular weight excluding hydrogens is 236 g/mol. The molecule has 2 aliphatic carbocycles. The third-order valence-corrected chi connectivity index (χ3v) is 5.66. The van der Waals surface area contributed by atoms with E-state index in [4.69, 9.17) is 5.73 Å². The van der Waals surface area contributed by atoms with Gasteiger partial charge in [-0.2, -0.15) is 0 Å². The van der Waals surface area contributed by atoms with Crippen molar-refractivity contribution in [3.8, 4) is 0 Å². The second-order valence-corrected chi connectivity index (χ2v) is 6.84. The maximum Gasteiger partial charge on any atom is 0.227 e. The van der Waals surface area contributed by atoms with Gasteiger partial charge in [-0.05, 0) is 44.4 Å². The summed E-state index contributed by atoms with van der Waals surface area (Å²) >= 11 is 0. The molecule has 2 N–H and O–H groups in total. The zero-order chi connectivity index (χ0) is 13.2. The normalized spacial score (nSPS) is 39.7. The molecule has 1 heterocycles. The molecule has 4 atom stereocenters. The standard InChI is InChI=1S/C16H28N2O/c17-14-9-3-1-2-8-13(14)16(19)18-11-5-7-12-6-4-10-15(12)18/h12-15H,1-11,17H2. The lowest BCUT2D eigenvalue weighted by atomic mass is 9.88. The third-order valence-electron chi connectivity index (χ3n) is 5.66. The van der Waals surface area contributed by atoms with E-state index in [0.29, 0.717) is 11.9 Å². The van der Waals surface area contributed by atoms with Crippen LogP contribution >= 0.6 is 0 Å². The molecule has 108 valence electrons. The highest BCUT2D eigenvalue weighted by Gasteiger charge is 2.40. The number of amides is 1. The maximum absolute atomic E-state index is 12.9. The van der Waals surface area contributed by atoms with Crippen molar-refractivity contribution in [2.45, 2.75) is 76.3 Å². The van der Waals surface area contributed by atoms with Crippen LogP contribution in [0.1, 0.15) is 64.2 Å². The maximum atomic E-state index is 12.9. The Kier molecular flexibility index (Phi) is 4.11. The van der Waals surface area contributed by atoms with E-state index in [1.807, 2.05) is 0 Å². The minimum Gasteiger partial charge on any atom is -0.339 e. The molecule has 0 spiro atoms. The average molecular weight is 264 g/mol. The quantitative estimate of drug-likeness (QED) is 0.740. The molecule has 3 aliphatic rings. The third kappa shape index (κ3) is 2.67. The predicted molar refractivity (Wildman–Crippen MR) is 76.6 cm³/mol. The van der Waals surface area contributed by atoms with Gasteiger partial charge in [0.25, 0.3) is 0 Å². The second-order valence-electron chi connectivity index (χ2n) is 6.84. The van der Waals surface area contributed by atoms with Crippen LogP contribution in [0.25, 0.3) is 0 Å². The molecule has 1 amide bonds. The van der Waals surface area contributed by atoms with Crippen molar-refractivity contribution in [3.63, 3.8) is 0 Å². The number of likely N-dealkylation sites (tertiary alicyclic amines) is 1. The summed E-state index contributed by atoms with van der Waals surface area (Å²) in [6.07, 6.45) is 12.1. The Bertz CT molecular complexity index is 331. The van der Waals surface area contributed by atoms with E-state index in [2.05, 4.69) is 4.90 Å². The van der Waals surface area contributed by atoms with E-state index in [-0.39, 0.29) is 12.0 Å². The lowest BCUT2D eigenvalue weighted by Crippen LogP contribution is -2.51. The molecule has 19 heavy (non-hydrogen) atoms. The number of carbonyl (C=O) groups is 1. The van der Waals surface area contributed by atoms with Gasteiger partial charge in [-0.3, -0.25) is 4.79 Å². The van der Waals surface area contributed by atoms with Crippen LogP contribution in [0, 0.1) is 11.8 Å². The van der Waals surface area contributed by atoms with Crippen LogP contribution in [0.2, 0.25) is 0 Å². The number of nitrogens with zero attached hydrogens (tertiary/aromatic N) is 1. The molecule has 0 radical (unpaired) electrons. The summed E-state index contributed by atoms with van der Waals surface area (Å²) in [6.45, 7) is 0.989. The van der Waals surface area contributed by atoms with Crippen molar-refractivity contribution in [1.29, 1.82) is 0 Å². The number of rotatable bonds is 1. The number of fused-ring (bicyclic) bond motifs is 1.